The fourth-order valence-corrected chi connectivity index (χ4v) is 3.27. The maximum Gasteiger partial charge on any atom is 0.344 e. The van der Waals surface area contributed by atoms with Crippen molar-refractivity contribution in [3.05, 3.63) is 89.2 Å². The summed E-state index contributed by atoms with van der Waals surface area (Å²) >= 11 is 0. The summed E-state index contributed by atoms with van der Waals surface area (Å²) in [7, 11) is 0. The zero-order valence-corrected chi connectivity index (χ0v) is 18.2. The number of carbonyl (C=O) groups is 2. The molecular formula is C25H22N4O4. The maximum atomic E-state index is 12.9. The number of esters is 1. The molecule has 0 saturated heterocycles. The molecular weight excluding hydrogens is 420 g/mol. The van der Waals surface area contributed by atoms with Gasteiger partial charge < -0.3 is 9.47 Å². The van der Waals surface area contributed by atoms with Crippen molar-refractivity contribution in [2.45, 2.75) is 13.8 Å². The number of fused-ring (bicyclic) bond motifs is 1. The highest BCUT2D eigenvalue weighted by Gasteiger charge is 2.15. The number of nitrogens with zero attached hydrogens (tertiary/aromatic N) is 2. The number of nitrogens with one attached hydrogen (secondary N) is 2. The molecule has 1 amide bonds. The first-order valence-electron chi connectivity index (χ1n) is 10.4. The van der Waals surface area contributed by atoms with Crippen molar-refractivity contribution in [1.29, 1.82) is 0 Å². The number of aryl methyl sites for hydroxylation is 1. The van der Waals surface area contributed by atoms with Gasteiger partial charge >= 0.3 is 5.97 Å². The van der Waals surface area contributed by atoms with Crippen LogP contribution >= 0.6 is 0 Å². The second-order valence-electron chi connectivity index (χ2n) is 7.19. The van der Waals surface area contributed by atoms with E-state index in [-0.39, 0.29) is 5.69 Å². The lowest BCUT2D eigenvalue weighted by Crippen LogP contribution is -2.18. The maximum absolute atomic E-state index is 12.9. The number of ether oxygens (including phenoxy) is 2. The van der Waals surface area contributed by atoms with Crippen LogP contribution in [-0.2, 0) is 0 Å². The average Bonchev–Trinajstić information content (AvgIpc) is 3.26. The Balaban J connectivity index is 1.50. The number of hydrogen-bond acceptors (Lipinski definition) is 6. The summed E-state index contributed by atoms with van der Waals surface area (Å²) in [5.41, 5.74) is 4.57. The van der Waals surface area contributed by atoms with Crippen LogP contribution in [0.15, 0.2) is 71.8 Å². The number of aromatic amines is 1. The third-order valence-corrected chi connectivity index (χ3v) is 4.80. The van der Waals surface area contributed by atoms with Gasteiger partial charge in [0.2, 0.25) is 0 Å². The predicted molar refractivity (Wildman–Crippen MR) is 125 cm³/mol. The van der Waals surface area contributed by atoms with Crippen molar-refractivity contribution in [2.24, 2.45) is 5.10 Å². The highest BCUT2D eigenvalue weighted by Crippen LogP contribution is 2.30. The summed E-state index contributed by atoms with van der Waals surface area (Å²) in [6.45, 7) is 4.02. The van der Waals surface area contributed by atoms with Gasteiger partial charge in [0.1, 0.15) is 0 Å². The van der Waals surface area contributed by atoms with Crippen molar-refractivity contribution < 1.29 is 19.1 Å². The lowest BCUT2D eigenvalue weighted by atomic mass is 10.0. The van der Waals surface area contributed by atoms with E-state index in [1.807, 2.05) is 43.3 Å². The minimum atomic E-state index is -0.476. The molecule has 8 nitrogen and oxygen atoms in total. The van der Waals surface area contributed by atoms with E-state index in [4.69, 9.17) is 9.47 Å². The SMILES string of the molecule is CCOc1cc(C=NNC(=O)c2cc(C)[nH]n2)ccc1OC(=O)c1cccc2ccccc12. The number of carbonyl (C=O) groups excluding carboxylic acids is 2. The first-order chi connectivity index (χ1) is 16.0. The minimum absolute atomic E-state index is 0.246. The molecule has 0 atom stereocenters. The van der Waals surface area contributed by atoms with Gasteiger partial charge in [0.25, 0.3) is 5.91 Å². The van der Waals surface area contributed by atoms with E-state index in [1.54, 1.807) is 37.3 Å². The molecule has 8 heteroatoms. The van der Waals surface area contributed by atoms with Crippen molar-refractivity contribution in [2.75, 3.05) is 6.61 Å². The Morgan fingerprint density at radius 1 is 1.06 bits per heavy atom. The normalized spacial score (nSPS) is 11.0. The first-order valence-corrected chi connectivity index (χ1v) is 10.4. The average molecular weight is 442 g/mol. The van der Waals surface area contributed by atoms with Crippen LogP contribution in [0.3, 0.4) is 0 Å². The number of benzene rings is 3. The number of hydrogen-bond donors (Lipinski definition) is 2. The molecule has 0 radical (unpaired) electrons. The Morgan fingerprint density at radius 2 is 1.88 bits per heavy atom. The molecule has 0 fully saturated rings. The Hall–Kier alpha value is -4.46. The van der Waals surface area contributed by atoms with Crippen LogP contribution in [-0.4, -0.2) is 34.9 Å². The Bertz CT molecular complexity index is 1340. The van der Waals surface area contributed by atoms with E-state index in [9.17, 15) is 9.59 Å². The van der Waals surface area contributed by atoms with Crippen LogP contribution in [0.4, 0.5) is 0 Å². The molecule has 166 valence electrons. The zero-order chi connectivity index (χ0) is 23.2. The highest BCUT2D eigenvalue weighted by molar-refractivity contribution is 6.05. The topological polar surface area (TPSA) is 106 Å². The van der Waals surface area contributed by atoms with Crippen molar-refractivity contribution in [3.8, 4) is 11.5 Å². The van der Waals surface area contributed by atoms with Crippen LogP contribution < -0.4 is 14.9 Å². The van der Waals surface area contributed by atoms with Crippen LogP contribution in [0.25, 0.3) is 10.8 Å². The van der Waals surface area contributed by atoms with E-state index in [2.05, 4.69) is 20.7 Å². The van der Waals surface area contributed by atoms with E-state index in [0.717, 1.165) is 16.5 Å². The van der Waals surface area contributed by atoms with Crippen molar-refractivity contribution in [3.63, 3.8) is 0 Å². The Morgan fingerprint density at radius 3 is 2.67 bits per heavy atom. The molecule has 4 rings (SSSR count). The monoisotopic (exact) mass is 442 g/mol. The van der Waals surface area contributed by atoms with Crippen molar-refractivity contribution in [1.82, 2.24) is 15.6 Å². The summed E-state index contributed by atoms with van der Waals surface area (Å²) in [5.74, 6) is -0.218. The van der Waals surface area contributed by atoms with Gasteiger partial charge in [-0.3, -0.25) is 9.89 Å². The molecule has 0 aliphatic carbocycles. The summed E-state index contributed by atoms with van der Waals surface area (Å²) in [5, 5.41) is 12.3. The molecule has 1 aromatic heterocycles. The number of hydrazone groups is 1. The van der Waals surface area contributed by atoms with Gasteiger partial charge in [-0.15, -0.1) is 0 Å². The summed E-state index contributed by atoms with van der Waals surface area (Å²) < 4.78 is 11.3. The largest absolute Gasteiger partial charge is 0.490 e. The van der Waals surface area contributed by atoms with Crippen LogP contribution in [0, 0.1) is 6.92 Å². The lowest BCUT2D eigenvalue weighted by Gasteiger charge is -2.12. The molecule has 1 heterocycles. The molecule has 4 aromatic rings. The van der Waals surface area contributed by atoms with E-state index < -0.39 is 11.9 Å². The van der Waals surface area contributed by atoms with Gasteiger partial charge in [0, 0.05) is 5.69 Å². The molecule has 0 spiro atoms. The summed E-state index contributed by atoms with van der Waals surface area (Å²) in [6.07, 6.45) is 1.47. The van der Waals surface area contributed by atoms with Gasteiger partial charge in [-0.05, 0) is 60.5 Å². The van der Waals surface area contributed by atoms with Gasteiger partial charge in [-0.25, -0.2) is 10.2 Å². The first kappa shape index (κ1) is 21.8. The molecule has 0 aliphatic rings. The van der Waals surface area contributed by atoms with Gasteiger partial charge in [0.05, 0.1) is 18.4 Å². The predicted octanol–water partition coefficient (Wildman–Crippen LogP) is 4.25. The third-order valence-electron chi connectivity index (χ3n) is 4.80. The van der Waals surface area contributed by atoms with Crippen LogP contribution in [0.2, 0.25) is 0 Å². The highest BCUT2D eigenvalue weighted by atomic mass is 16.6. The lowest BCUT2D eigenvalue weighted by molar-refractivity contribution is 0.0730. The van der Waals surface area contributed by atoms with Gasteiger partial charge in [-0.2, -0.15) is 10.2 Å². The molecule has 0 unspecified atom stereocenters. The Kier molecular flexibility index (Phi) is 6.45. The standard InChI is InChI=1S/C25H22N4O4/c1-3-32-23-14-17(15-26-29-24(30)21-13-16(2)27-28-21)11-12-22(23)33-25(31)20-10-6-8-18-7-4-5-9-19(18)20/h4-15H,3H2,1-2H3,(H,27,28)(H,29,30). The van der Waals surface area contributed by atoms with Crippen molar-refractivity contribution >= 4 is 28.9 Å². The second-order valence-corrected chi connectivity index (χ2v) is 7.19. The molecule has 33 heavy (non-hydrogen) atoms. The van der Waals surface area contributed by atoms with E-state index >= 15 is 0 Å². The Labute approximate surface area is 190 Å². The van der Waals surface area contributed by atoms with Crippen LogP contribution in [0.1, 0.15) is 39.0 Å². The fraction of sp³-hybridized carbons (Fsp3) is 0.120. The summed E-state index contributed by atoms with van der Waals surface area (Å²) in [6, 6.07) is 19.8. The molecule has 3 aromatic carbocycles. The van der Waals surface area contributed by atoms with Gasteiger partial charge in [-0.1, -0.05) is 36.4 Å². The molecule has 0 saturated carbocycles. The number of amides is 1. The van der Waals surface area contributed by atoms with Crippen LogP contribution in [0.5, 0.6) is 11.5 Å². The number of H-pyrrole nitrogens is 1. The number of rotatable bonds is 7. The molecule has 0 bridgehead atoms. The minimum Gasteiger partial charge on any atom is -0.490 e. The second kappa shape index (κ2) is 9.78. The fourth-order valence-electron chi connectivity index (χ4n) is 3.27. The third kappa shape index (κ3) is 5.07. The number of aromatic nitrogens is 2. The zero-order valence-electron chi connectivity index (χ0n) is 18.2. The quantitative estimate of drug-likeness (QED) is 0.193. The smallest absolute Gasteiger partial charge is 0.344 e. The van der Waals surface area contributed by atoms with E-state index in [1.165, 1.54) is 6.21 Å². The molecule has 2 N–H and O–H groups in total. The summed E-state index contributed by atoms with van der Waals surface area (Å²) in [4.78, 5) is 24.9. The molecule has 0 aliphatic heterocycles. The van der Waals surface area contributed by atoms with E-state index in [0.29, 0.717) is 29.2 Å². The van der Waals surface area contributed by atoms with Gasteiger partial charge in [0.15, 0.2) is 17.2 Å².